The zero-order valence-electron chi connectivity index (χ0n) is 10.2. The third-order valence-electron chi connectivity index (χ3n) is 3.24. The van der Waals surface area contributed by atoms with E-state index in [9.17, 15) is 9.90 Å². The van der Waals surface area contributed by atoms with Crippen molar-refractivity contribution in [2.45, 2.75) is 18.9 Å². The minimum Gasteiger partial charge on any atom is -0.496 e. The molecule has 4 nitrogen and oxygen atoms in total. The SMILES string of the molecule is COc1ccc(Br)cc1C(=O)N1CCC[C@H]1CO. The van der Waals surface area contributed by atoms with Crippen molar-refractivity contribution >= 4 is 21.8 Å². The molecule has 1 atom stereocenters. The molecule has 98 valence electrons. The van der Waals surface area contributed by atoms with Crippen molar-refractivity contribution in [3.63, 3.8) is 0 Å². The van der Waals surface area contributed by atoms with Crippen molar-refractivity contribution < 1.29 is 14.6 Å². The van der Waals surface area contributed by atoms with Crippen LogP contribution in [0.5, 0.6) is 5.75 Å². The molecule has 1 N–H and O–H groups in total. The van der Waals surface area contributed by atoms with Crippen LogP contribution in [0.15, 0.2) is 22.7 Å². The second kappa shape index (κ2) is 5.71. The zero-order chi connectivity index (χ0) is 13.1. The molecule has 1 amide bonds. The van der Waals surface area contributed by atoms with Crippen molar-refractivity contribution in [3.05, 3.63) is 28.2 Å². The van der Waals surface area contributed by atoms with Gasteiger partial charge in [-0.3, -0.25) is 4.79 Å². The van der Waals surface area contributed by atoms with Gasteiger partial charge in [0.25, 0.3) is 5.91 Å². The van der Waals surface area contributed by atoms with Crippen molar-refractivity contribution in [2.75, 3.05) is 20.3 Å². The Morgan fingerprint density at radius 1 is 1.61 bits per heavy atom. The summed E-state index contributed by atoms with van der Waals surface area (Å²) in [4.78, 5) is 14.2. The van der Waals surface area contributed by atoms with Crippen LogP contribution in [0.4, 0.5) is 0 Å². The first-order chi connectivity index (χ1) is 8.67. The number of ether oxygens (including phenoxy) is 1. The molecule has 18 heavy (non-hydrogen) atoms. The number of amides is 1. The normalized spacial score (nSPS) is 19.1. The predicted molar refractivity (Wildman–Crippen MR) is 71.8 cm³/mol. The van der Waals surface area contributed by atoms with Crippen molar-refractivity contribution in [1.82, 2.24) is 4.90 Å². The Bertz CT molecular complexity index is 450. The van der Waals surface area contributed by atoms with Crippen LogP contribution >= 0.6 is 15.9 Å². The number of aliphatic hydroxyl groups is 1. The van der Waals surface area contributed by atoms with E-state index in [0.29, 0.717) is 17.9 Å². The summed E-state index contributed by atoms with van der Waals surface area (Å²) in [5.41, 5.74) is 0.534. The van der Waals surface area contributed by atoms with Gasteiger partial charge in [0.15, 0.2) is 0 Å². The number of hydrogen-bond acceptors (Lipinski definition) is 3. The Balaban J connectivity index is 2.30. The number of carbonyl (C=O) groups excluding carboxylic acids is 1. The van der Waals surface area contributed by atoms with Gasteiger partial charge in [-0.2, -0.15) is 0 Å². The molecule has 2 rings (SSSR count). The molecular formula is C13H16BrNO3. The maximum absolute atomic E-state index is 12.5. The van der Waals surface area contributed by atoms with Crippen LogP contribution < -0.4 is 4.74 Å². The van der Waals surface area contributed by atoms with Crippen LogP contribution in [0.25, 0.3) is 0 Å². The highest BCUT2D eigenvalue weighted by Gasteiger charge is 2.30. The number of benzene rings is 1. The molecule has 0 aliphatic carbocycles. The molecule has 0 aromatic heterocycles. The summed E-state index contributed by atoms with van der Waals surface area (Å²) in [6, 6.07) is 5.29. The molecule has 0 bridgehead atoms. The molecule has 0 radical (unpaired) electrons. The summed E-state index contributed by atoms with van der Waals surface area (Å²) in [7, 11) is 1.55. The number of rotatable bonds is 3. The molecule has 1 aliphatic heterocycles. The van der Waals surface area contributed by atoms with E-state index in [4.69, 9.17) is 4.74 Å². The molecule has 1 saturated heterocycles. The molecule has 0 spiro atoms. The van der Waals surface area contributed by atoms with Gasteiger partial charge in [0.2, 0.25) is 0 Å². The van der Waals surface area contributed by atoms with Crippen molar-refractivity contribution in [1.29, 1.82) is 0 Å². The number of likely N-dealkylation sites (tertiary alicyclic amines) is 1. The van der Waals surface area contributed by atoms with Gasteiger partial charge in [-0.15, -0.1) is 0 Å². The fraction of sp³-hybridized carbons (Fsp3) is 0.462. The third-order valence-corrected chi connectivity index (χ3v) is 3.73. The lowest BCUT2D eigenvalue weighted by molar-refractivity contribution is 0.0674. The van der Waals surface area contributed by atoms with E-state index in [1.165, 1.54) is 0 Å². The number of halogens is 1. The van der Waals surface area contributed by atoms with Gasteiger partial charge in [-0.25, -0.2) is 0 Å². The van der Waals surface area contributed by atoms with Gasteiger partial charge < -0.3 is 14.7 Å². The molecule has 1 fully saturated rings. The molecule has 1 aromatic carbocycles. The molecule has 1 aromatic rings. The second-order valence-electron chi connectivity index (χ2n) is 4.32. The van der Waals surface area contributed by atoms with E-state index >= 15 is 0 Å². The second-order valence-corrected chi connectivity index (χ2v) is 5.24. The third kappa shape index (κ3) is 2.52. The highest BCUT2D eigenvalue weighted by atomic mass is 79.9. The maximum atomic E-state index is 12.5. The van der Waals surface area contributed by atoms with Crippen molar-refractivity contribution in [3.8, 4) is 5.75 Å². The van der Waals surface area contributed by atoms with Crippen LogP contribution in [0.3, 0.4) is 0 Å². The number of methoxy groups -OCH3 is 1. The maximum Gasteiger partial charge on any atom is 0.257 e. The Labute approximate surface area is 115 Å². The molecule has 1 heterocycles. The molecule has 1 aliphatic rings. The Morgan fingerprint density at radius 2 is 2.39 bits per heavy atom. The lowest BCUT2D eigenvalue weighted by Crippen LogP contribution is -2.37. The van der Waals surface area contributed by atoms with Gasteiger partial charge in [0.05, 0.1) is 25.3 Å². The summed E-state index contributed by atoms with van der Waals surface area (Å²) >= 11 is 3.36. The largest absolute Gasteiger partial charge is 0.496 e. The molecular weight excluding hydrogens is 298 g/mol. The number of carbonyl (C=O) groups is 1. The minimum absolute atomic E-state index is 0.0159. The topological polar surface area (TPSA) is 49.8 Å². The summed E-state index contributed by atoms with van der Waals surface area (Å²) < 4.78 is 6.06. The van der Waals surface area contributed by atoms with Crippen LogP contribution in [0.1, 0.15) is 23.2 Å². The monoisotopic (exact) mass is 313 g/mol. The highest BCUT2D eigenvalue weighted by molar-refractivity contribution is 9.10. The van der Waals surface area contributed by atoms with Gasteiger partial charge in [-0.1, -0.05) is 15.9 Å². The highest BCUT2D eigenvalue weighted by Crippen LogP contribution is 2.27. The van der Waals surface area contributed by atoms with Crippen LogP contribution in [0, 0.1) is 0 Å². The number of nitrogens with zero attached hydrogens (tertiary/aromatic N) is 1. The fourth-order valence-corrected chi connectivity index (χ4v) is 2.66. The van der Waals surface area contributed by atoms with E-state index < -0.39 is 0 Å². The summed E-state index contributed by atoms with van der Waals surface area (Å²) in [5.74, 6) is 0.483. The predicted octanol–water partition coefficient (Wildman–Crippen LogP) is 2.05. The average Bonchev–Trinajstić information content (AvgIpc) is 2.86. The molecule has 5 heteroatoms. The van der Waals surface area contributed by atoms with E-state index in [-0.39, 0.29) is 18.6 Å². The quantitative estimate of drug-likeness (QED) is 0.929. The Hall–Kier alpha value is -1.07. The first-order valence-electron chi connectivity index (χ1n) is 5.92. The number of hydrogen-bond donors (Lipinski definition) is 1. The lowest BCUT2D eigenvalue weighted by Gasteiger charge is -2.24. The molecule has 0 unspecified atom stereocenters. The minimum atomic E-state index is -0.0790. The Morgan fingerprint density at radius 3 is 3.06 bits per heavy atom. The van der Waals surface area contributed by atoms with Gasteiger partial charge >= 0.3 is 0 Å². The summed E-state index contributed by atoms with van der Waals surface area (Å²) in [5, 5.41) is 9.28. The van der Waals surface area contributed by atoms with E-state index in [1.54, 1.807) is 24.1 Å². The van der Waals surface area contributed by atoms with Gasteiger partial charge in [0, 0.05) is 11.0 Å². The Kier molecular flexibility index (Phi) is 4.24. The van der Waals surface area contributed by atoms with Crippen molar-refractivity contribution in [2.24, 2.45) is 0 Å². The van der Waals surface area contributed by atoms with Gasteiger partial charge in [0.1, 0.15) is 5.75 Å². The van der Waals surface area contributed by atoms with E-state index in [0.717, 1.165) is 17.3 Å². The fourth-order valence-electron chi connectivity index (χ4n) is 2.29. The lowest BCUT2D eigenvalue weighted by atomic mass is 10.1. The smallest absolute Gasteiger partial charge is 0.257 e. The summed E-state index contributed by atoms with van der Waals surface area (Å²) in [6.07, 6.45) is 1.80. The standard InChI is InChI=1S/C13H16BrNO3/c1-18-12-5-4-9(14)7-11(12)13(17)15-6-2-3-10(15)8-16/h4-5,7,10,16H,2-3,6,8H2,1H3/t10-/m0/s1. The van der Waals surface area contributed by atoms with Crippen LogP contribution in [-0.4, -0.2) is 42.2 Å². The van der Waals surface area contributed by atoms with Crippen LogP contribution in [-0.2, 0) is 0 Å². The van der Waals surface area contributed by atoms with E-state index in [2.05, 4.69) is 15.9 Å². The van der Waals surface area contributed by atoms with Gasteiger partial charge in [-0.05, 0) is 31.0 Å². The number of aliphatic hydroxyl groups excluding tert-OH is 1. The first-order valence-corrected chi connectivity index (χ1v) is 6.72. The summed E-state index contributed by atoms with van der Waals surface area (Å²) in [6.45, 7) is 0.710. The first kappa shape index (κ1) is 13.4. The zero-order valence-corrected chi connectivity index (χ0v) is 11.8. The average molecular weight is 314 g/mol. The van der Waals surface area contributed by atoms with Crippen LogP contribution in [0.2, 0.25) is 0 Å². The van der Waals surface area contributed by atoms with E-state index in [1.807, 2.05) is 6.07 Å². The molecule has 0 saturated carbocycles.